The molecule has 3 rings (SSSR count). The summed E-state index contributed by atoms with van der Waals surface area (Å²) in [7, 11) is -0.817. The minimum atomic E-state index is -3.67. The average molecular weight is 486 g/mol. The molecular formula is C24H27N3O6S. The van der Waals surface area contributed by atoms with Crippen LogP contribution in [-0.4, -0.2) is 44.8 Å². The number of nitrogens with one attached hydrogen (secondary N) is 2. The molecule has 0 fully saturated rings. The smallest absolute Gasteiger partial charge is 0.341 e. The number of aryl methyl sites for hydroxylation is 1. The van der Waals surface area contributed by atoms with Crippen molar-refractivity contribution in [2.45, 2.75) is 31.4 Å². The Hall–Kier alpha value is -3.63. The van der Waals surface area contributed by atoms with E-state index in [2.05, 4.69) is 10.6 Å². The number of furan rings is 1. The van der Waals surface area contributed by atoms with Gasteiger partial charge < -0.3 is 19.8 Å². The van der Waals surface area contributed by atoms with Crippen molar-refractivity contribution in [3.63, 3.8) is 0 Å². The third-order valence-electron chi connectivity index (χ3n) is 5.08. The second-order valence-corrected chi connectivity index (χ2v) is 9.93. The van der Waals surface area contributed by atoms with Gasteiger partial charge in [0.25, 0.3) is 5.91 Å². The number of ether oxygens (including phenoxy) is 1. The van der Waals surface area contributed by atoms with E-state index in [-0.39, 0.29) is 10.5 Å². The molecule has 0 saturated carbocycles. The molecule has 1 heterocycles. The fourth-order valence-corrected chi connectivity index (χ4v) is 3.96. The van der Waals surface area contributed by atoms with Crippen LogP contribution in [0.3, 0.4) is 0 Å². The second-order valence-electron chi connectivity index (χ2n) is 7.78. The fraction of sp³-hybridized carbons (Fsp3) is 0.250. The monoisotopic (exact) mass is 485 g/mol. The standard InChI is InChI=1S/C24H27N3O6S/c1-16-11-12-19(34(30,31)27(3)4)14-22(16)26-23(28)17(2)33-24(29)20-9-5-6-10-21(20)25-15-18-8-7-13-32-18/h5-14,17,25H,15H2,1-4H3,(H,26,28). The Morgan fingerprint density at radius 2 is 1.79 bits per heavy atom. The van der Waals surface area contributed by atoms with Crippen molar-refractivity contribution in [2.24, 2.45) is 0 Å². The Morgan fingerprint density at radius 3 is 2.47 bits per heavy atom. The van der Waals surface area contributed by atoms with Gasteiger partial charge in [-0.25, -0.2) is 17.5 Å². The van der Waals surface area contributed by atoms with Crippen molar-refractivity contribution in [3.05, 3.63) is 77.7 Å². The molecule has 10 heteroatoms. The Morgan fingerprint density at radius 1 is 1.06 bits per heavy atom. The molecule has 0 aliphatic rings. The summed E-state index contributed by atoms with van der Waals surface area (Å²) in [4.78, 5) is 25.5. The number of nitrogens with zero attached hydrogens (tertiary/aromatic N) is 1. The summed E-state index contributed by atoms with van der Waals surface area (Å²) in [6.45, 7) is 3.56. The molecule has 1 aromatic heterocycles. The van der Waals surface area contributed by atoms with Crippen molar-refractivity contribution in [3.8, 4) is 0 Å². The molecule has 0 bridgehead atoms. The number of amides is 1. The lowest BCUT2D eigenvalue weighted by molar-refractivity contribution is -0.123. The molecule has 0 aliphatic heterocycles. The molecule has 1 amide bonds. The van der Waals surface area contributed by atoms with Crippen molar-refractivity contribution < 1.29 is 27.2 Å². The van der Waals surface area contributed by atoms with E-state index in [0.717, 1.165) is 4.31 Å². The van der Waals surface area contributed by atoms with Crippen LogP contribution in [0.5, 0.6) is 0 Å². The first-order chi connectivity index (χ1) is 16.1. The van der Waals surface area contributed by atoms with E-state index in [1.807, 2.05) is 0 Å². The zero-order chi connectivity index (χ0) is 24.9. The first-order valence-corrected chi connectivity index (χ1v) is 11.9. The number of esters is 1. The molecule has 1 unspecified atom stereocenters. The lowest BCUT2D eigenvalue weighted by atomic mass is 10.1. The van der Waals surface area contributed by atoms with Crippen LogP contribution < -0.4 is 10.6 Å². The van der Waals surface area contributed by atoms with E-state index in [4.69, 9.17) is 9.15 Å². The van der Waals surface area contributed by atoms with E-state index < -0.39 is 28.0 Å². The van der Waals surface area contributed by atoms with Crippen LogP contribution >= 0.6 is 0 Å². The van der Waals surface area contributed by atoms with Crippen molar-refractivity contribution in [2.75, 3.05) is 24.7 Å². The van der Waals surface area contributed by atoms with E-state index in [9.17, 15) is 18.0 Å². The first-order valence-electron chi connectivity index (χ1n) is 10.5. The summed E-state index contributed by atoms with van der Waals surface area (Å²) in [6.07, 6.45) is 0.435. The summed E-state index contributed by atoms with van der Waals surface area (Å²) < 4.78 is 36.6. The molecule has 2 N–H and O–H groups in total. The van der Waals surface area contributed by atoms with Crippen LogP contribution in [0, 0.1) is 6.92 Å². The molecule has 1 atom stereocenters. The van der Waals surface area contributed by atoms with Gasteiger partial charge >= 0.3 is 5.97 Å². The number of anilines is 2. The highest BCUT2D eigenvalue weighted by Crippen LogP contribution is 2.23. The molecule has 0 spiro atoms. The Kier molecular flexibility index (Phi) is 7.75. The number of carbonyl (C=O) groups is 2. The van der Waals surface area contributed by atoms with Gasteiger partial charge in [-0.1, -0.05) is 18.2 Å². The number of sulfonamides is 1. The van der Waals surface area contributed by atoms with Crippen LogP contribution in [0.2, 0.25) is 0 Å². The third kappa shape index (κ3) is 5.83. The maximum absolute atomic E-state index is 12.8. The van der Waals surface area contributed by atoms with Gasteiger partial charge in [-0.3, -0.25) is 4.79 Å². The van der Waals surface area contributed by atoms with Crippen molar-refractivity contribution >= 4 is 33.3 Å². The molecule has 0 saturated heterocycles. The van der Waals surface area contributed by atoms with E-state index in [0.29, 0.717) is 29.2 Å². The van der Waals surface area contributed by atoms with Crippen LogP contribution in [-0.2, 0) is 26.1 Å². The van der Waals surface area contributed by atoms with Crippen molar-refractivity contribution in [1.29, 1.82) is 0 Å². The zero-order valence-electron chi connectivity index (χ0n) is 19.4. The van der Waals surface area contributed by atoms with Crippen LogP contribution in [0.4, 0.5) is 11.4 Å². The molecule has 9 nitrogen and oxygen atoms in total. The van der Waals surface area contributed by atoms with Gasteiger partial charge in [0.05, 0.1) is 23.3 Å². The minimum Gasteiger partial charge on any atom is -0.467 e. The summed E-state index contributed by atoms with van der Waals surface area (Å²) in [5.74, 6) is -0.562. The maximum atomic E-state index is 12.8. The SMILES string of the molecule is Cc1ccc(S(=O)(=O)N(C)C)cc1NC(=O)C(C)OC(=O)c1ccccc1NCc1ccco1. The third-order valence-corrected chi connectivity index (χ3v) is 6.89. The molecule has 3 aromatic rings. The molecule has 34 heavy (non-hydrogen) atoms. The number of para-hydroxylation sites is 1. The maximum Gasteiger partial charge on any atom is 0.341 e. The summed E-state index contributed by atoms with van der Waals surface area (Å²) in [6, 6.07) is 14.8. The molecular weight excluding hydrogens is 458 g/mol. The number of hydrogen-bond acceptors (Lipinski definition) is 7. The predicted molar refractivity (Wildman–Crippen MR) is 128 cm³/mol. The van der Waals surface area contributed by atoms with Gasteiger partial charge in [-0.15, -0.1) is 0 Å². The highest BCUT2D eigenvalue weighted by atomic mass is 32.2. The second kappa shape index (κ2) is 10.5. The van der Waals surface area contributed by atoms with Crippen molar-refractivity contribution in [1.82, 2.24) is 4.31 Å². The number of carbonyl (C=O) groups excluding carboxylic acids is 2. The average Bonchev–Trinajstić information content (AvgIpc) is 3.32. The highest BCUT2D eigenvalue weighted by Gasteiger charge is 2.23. The molecule has 0 aliphatic carbocycles. The van der Waals surface area contributed by atoms with Gasteiger partial charge in [-0.2, -0.15) is 0 Å². The summed E-state index contributed by atoms with van der Waals surface area (Å²) in [5.41, 5.74) is 1.78. The van der Waals surface area contributed by atoms with Crippen LogP contribution in [0.15, 0.2) is 70.2 Å². The van der Waals surface area contributed by atoms with Gasteiger partial charge in [-0.05, 0) is 55.8 Å². The Bertz CT molecular complexity index is 1270. The Balaban J connectivity index is 1.69. The fourth-order valence-electron chi connectivity index (χ4n) is 3.03. The quantitative estimate of drug-likeness (QED) is 0.444. The summed E-state index contributed by atoms with van der Waals surface area (Å²) in [5, 5.41) is 5.77. The van der Waals surface area contributed by atoms with Gasteiger partial charge in [0.1, 0.15) is 5.76 Å². The summed E-state index contributed by atoms with van der Waals surface area (Å²) >= 11 is 0. The van der Waals surface area contributed by atoms with Gasteiger partial charge in [0.15, 0.2) is 6.10 Å². The lowest BCUT2D eigenvalue weighted by Gasteiger charge is -2.17. The van der Waals surface area contributed by atoms with Crippen LogP contribution in [0.25, 0.3) is 0 Å². The molecule has 180 valence electrons. The zero-order valence-corrected chi connectivity index (χ0v) is 20.2. The number of benzene rings is 2. The largest absolute Gasteiger partial charge is 0.467 e. The topological polar surface area (TPSA) is 118 Å². The lowest BCUT2D eigenvalue weighted by Crippen LogP contribution is -2.30. The van der Waals surface area contributed by atoms with Gasteiger partial charge in [0, 0.05) is 25.5 Å². The number of hydrogen-bond donors (Lipinski definition) is 2. The van der Waals surface area contributed by atoms with E-state index in [1.54, 1.807) is 55.7 Å². The number of rotatable bonds is 9. The van der Waals surface area contributed by atoms with E-state index in [1.165, 1.54) is 33.2 Å². The predicted octanol–water partition coefficient (Wildman–Crippen LogP) is 3.63. The Labute approximate surface area is 198 Å². The van der Waals surface area contributed by atoms with Gasteiger partial charge in [0.2, 0.25) is 10.0 Å². The highest BCUT2D eigenvalue weighted by molar-refractivity contribution is 7.89. The first kappa shape index (κ1) is 25.0. The van der Waals surface area contributed by atoms with Crippen LogP contribution in [0.1, 0.15) is 28.6 Å². The minimum absolute atomic E-state index is 0.0413. The molecule has 0 radical (unpaired) electrons. The van der Waals surface area contributed by atoms with E-state index >= 15 is 0 Å². The normalized spacial score (nSPS) is 12.3. The molecule has 2 aromatic carbocycles.